The van der Waals surface area contributed by atoms with Crippen molar-refractivity contribution in [2.24, 2.45) is 5.73 Å². The Morgan fingerprint density at radius 3 is 2.37 bits per heavy atom. The molecule has 0 saturated heterocycles. The van der Waals surface area contributed by atoms with Gasteiger partial charge >= 0.3 is 0 Å². The Labute approximate surface area is 255 Å². The van der Waals surface area contributed by atoms with E-state index in [1.165, 1.54) is 43.5 Å². The lowest BCUT2D eigenvalue weighted by atomic mass is 9.98. The van der Waals surface area contributed by atoms with Gasteiger partial charge in [-0.05, 0) is 79.7 Å². The van der Waals surface area contributed by atoms with E-state index in [1.807, 2.05) is 31.2 Å². The molecule has 3 aromatic carbocycles. The second-order valence-electron chi connectivity index (χ2n) is 9.76. The highest BCUT2D eigenvalue weighted by Crippen LogP contribution is 2.35. The summed E-state index contributed by atoms with van der Waals surface area (Å²) in [5.41, 5.74) is 8.06. The first-order valence-electron chi connectivity index (χ1n) is 12.8. The van der Waals surface area contributed by atoms with Gasteiger partial charge in [-0.1, -0.05) is 41.9 Å². The van der Waals surface area contributed by atoms with Crippen LogP contribution in [0.5, 0.6) is 0 Å². The first-order chi connectivity index (χ1) is 20.2. The number of hydrogen-bond donors (Lipinski definition) is 3. The summed E-state index contributed by atoms with van der Waals surface area (Å²) in [7, 11) is -8.21. The minimum Gasteiger partial charge on any atom is -0.405 e. The first kappa shape index (κ1) is 31.5. The van der Waals surface area contributed by atoms with Crippen molar-refractivity contribution in [2.45, 2.75) is 25.3 Å². The van der Waals surface area contributed by atoms with Gasteiger partial charge in [0.15, 0.2) is 5.78 Å². The number of nitrogens with one attached hydrogen (secondary N) is 2. The zero-order valence-corrected chi connectivity index (χ0v) is 25.8. The van der Waals surface area contributed by atoms with Crippen LogP contribution in [-0.4, -0.2) is 39.3 Å². The molecule has 4 aromatic rings. The fourth-order valence-electron chi connectivity index (χ4n) is 4.66. The molecular weight excluding hydrogens is 612 g/mol. The number of aryl methyl sites for hydroxylation is 1. The Morgan fingerprint density at radius 1 is 1.00 bits per heavy atom. The molecule has 43 heavy (non-hydrogen) atoms. The number of benzene rings is 3. The summed E-state index contributed by atoms with van der Waals surface area (Å²) in [6.45, 7) is 3.40. The Kier molecular flexibility index (Phi) is 9.14. The first-order valence-corrected chi connectivity index (χ1v) is 16.6. The maximum Gasteiger partial charge on any atom is 0.282 e. The van der Waals surface area contributed by atoms with Crippen molar-refractivity contribution in [1.29, 1.82) is 0 Å². The number of nitrogens with two attached hydrogens (primary N) is 1. The van der Waals surface area contributed by atoms with Crippen molar-refractivity contribution in [3.05, 3.63) is 112 Å². The number of allylic oxidation sites excluding steroid dienone is 3. The third-order valence-electron chi connectivity index (χ3n) is 6.53. The van der Waals surface area contributed by atoms with Crippen LogP contribution in [0.25, 0.3) is 16.5 Å². The van der Waals surface area contributed by atoms with Crippen LogP contribution in [0.4, 0.5) is 5.69 Å². The standard InChI is InChI=1S/C30H29ClN4O6S2/c1-19-8-4-5-9-21(19)18-35-27-14-13-22(31)16-26(27)28(25(20(2)36)12-7-15-32)29(35)30(37)34-43(40,41)24-11-6-10-23(17-24)33-42(3,38)39/h4-17,33H,18,32H2,1-3H3,(H,34,37)/b15-7-,25-12+. The van der Waals surface area contributed by atoms with Crippen molar-refractivity contribution in [2.75, 3.05) is 11.0 Å². The Hall–Kier alpha value is -4.39. The molecule has 224 valence electrons. The van der Waals surface area contributed by atoms with Crippen LogP contribution in [0.15, 0.2) is 90.0 Å². The van der Waals surface area contributed by atoms with Gasteiger partial charge in [0.1, 0.15) is 5.69 Å². The van der Waals surface area contributed by atoms with E-state index in [0.29, 0.717) is 15.9 Å². The predicted octanol–water partition coefficient (Wildman–Crippen LogP) is 4.59. The van der Waals surface area contributed by atoms with Crippen LogP contribution >= 0.6 is 11.6 Å². The molecule has 0 radical (unpaired) electrons. The zero-order valence-electron chi connectivity index (χ0n) is 23.5. The normalized spacial score (nSPS) is 12.5. The molecule has 1 heterocycles. The molecule has 4 rings (SSSR count). The molecule has 10 nitrogen and oxygen atoms in total. The second-order valence-corrected chi connectivity index (χ2v) is 13.6. The van der Waals surface area contributed by atoms with Crippen LogP contribution in [-0.2, 0) is 31.4 Å². The summed E-state index contributed by atoms with van der Waals surface area (Å²) in [6, 6.07) is 17.5. The lowest BCUT2D eigenvalue weighted by Gasteiger charge is -2.15. The van der Waals surface area contributed by atoms with Gasteiger partial charge in [0.25, 0.3) is 15.9 Å². The third kappa shape index (κ3) is 7.16. The summed E-state index contributed by atoms with van der Waals surface area (Å²) < 4.78 is 56.3. The molecule has 0 spiro atoms. The molecule has 0 unspecified atom stereocenters. The average Bonchev–Trinajstić information content (AvgIpc) is 3.22. The number of amides is 1. The smallest absolute Gasteiger partial charge is 0.282 e. The molecule has 0 fully saturated rings. The number of hydrogen-bond acceptors (Lipinski definition) is 7. The maximum atomic E-state index is 14.1. The predicted molar refractivity (Wildman–Crippen MR) is 169 cm³/mol. The minimum absolute atomic E-state index is 0.00260. The highest BCUT2D eigenvalue weighted by Gasteiger charge is 2.30. The van der Waals surface area contributed by atoms with Gasteiger partial charge in [0, 0.05) is 39.3 Å². The number of fused-ring (bicyclic) bond motifs is 1. The summed E-state index contributed by atoms with van der Waals surface area (Å²) in [6.07, 6.45) is 5.04. The molecule has 0 aliphatic rings. The third-order valence-corrected chi connectivity index (χ3v) is 8.70. The van der Waals surface area contributed by atoms with Crippen LogP contribution < -0.4 is 15.2 Å². The Bertz CT molecular complexity index is 2030. The fourth-order valence-corrected chi connectivity index (χ4v) is 6.38. The number of sulfonamides is 2. The van der Waals surface area contributed by atoms with E-state index < -0.39 is 31.7 Å². The number of carbonyl (C=O) groups is 2. The molecule has 0 aliphatic carbocycles. The van der Waals surface area contributed by atoms with Gasteiger partial charge in [0.2, 0.25) is 10.0 Å². The van der Waals surface area contributed by atoms with E-state index in [9.17, 15) is 26.4 Å². The fraction of sp³-hybridized carbons (Fsp3) is 0.133. The van der Waals surface area contributed by atoms with Crippen LogP contribution in [0.2, 0.25) is 5.02 Å². The van der Waals surface area contributed by atoms with E-state index in [4.69, 9.17) is 17.3 Å². The van der Waals surface area contributed by atoms with Crippen molar-refractivity contribution < 1.29 is 26.4 Å². The topological polar surface area (TPSA) is 157 Å². The molecule has 4 N–H and O–H groups in total. The summed E-state index contributed by atoms with van der Waals surface area (Å²) >= 11 is 6.36. The summed E-state index contributed by atoms with van der Waals surface area (Å²) in [5.74, 6) is -1.41. The largest absolute Gasteiger partial charge is 0.405 e. The van der Waals surface area contributed by atoms with Gasteiger partial charge < -0.3 is 10.3 Å². The summed E-state index contributed by atoms with van der Waals surface area (Å²) in [5, 5.41) is 0.795. The maximum absolute atomic E-state index is 14.1. The Balaban J connectivity index is 1.97. The molecule has 0 atom stereocenters. The number of nitrogens with zero attached hydrogens (tertiary/aromatic N) is 1. The van der Waals surface area contributed by atoms with Gasteiger partial charge in [-0.25, -0.2) is 21.6 Å². The summed E-state index contributed by atoms with van der Waals surface area (Å²) in [4.78, 5) is 26.7. The lowest BCUT2D eigenvalue weighted by molar-refractivity contribution is -0.111. The van der Waals surface area contributed by atoms with E-state index in [-0.39, 0.29) is 34.0 Å². The second kappa shape index (κ2) is 12.5. The van der Waals surface area contributed by atoms with Gasteiger partial charge in [-0.15, -0.1) is 0 Å². The quantitative estimate of drug-likeness (QED) is 0.169. The Morgan fingerprint density at radius 2 is 1.72 bits per heavy atom. The molecule has 0 aliphatic heterocycles. The van der Waals surface area contributed by atoms with Gasteiger partial charge in [-0.3, -0.25) is 14.3 Å². The number of rotatable bonds is 10. The molecule has 1 aromatic heterocycles. The highest BCUT2D eigenvalue weighted by molar-refractivity contribution is 7.92. The number of aromatic nitrogens is 1. The molecule has 0 bridgehead atoms. The van der Waals surface area contributed by atoms with Crippen LogP contribution in [0.3, 0.4) is 0 Å². The number of Topliss-reactive ketones (excluding diaryl/α,β-unsaturated/α-hetero) is 1. The van der Waals surface area contributed by atoms with Gasteiger partial charge in [-0.2, -0.15) is 0 Å². The SMILES string of the molecule is CC(=O)/C(=C\C=C/N)c1c(C(=O)NS(=O)(=O)c2cccc(NS(C)(=O)=O)c2)n(Cc2ccccc2C)c2ccc(Cl)cc12. The average molecular weight is 641 g/mol. The molecule has 1 amide bonds. The van der Waals surface area contributed by atoms with Crippen LogP contribution in [0, 0.1) is 6.92 Å². The molecule has 0 saturated carbocycles. The number of halogens is 1. The van der Waals surface area contributed by atoms with E-state index >= 15 is 0 Å². The van der Waals surface area contributed by atoms with Crippen molar-refractivity contribution >= 4 is 65.5 Å². The number of ketones is 1. The van der Waals surface area contributed by atoms with E-state index in [0.717, 1.165) is 23.4 Å². The van der Waals surface area contributed by atoms with Crippen molar-refractivity contribution in [1.82, 2.24) is 9.29 Å². The van der Waals surface area contributed by atoms with E-state index in [2.05, 4.69) is 9.44 Å². The van der Waals surface area contributed by atoms with Gasteiger partial charge in [0.05, 0.1) is 11.2 Å². The number of anilines is 1. The number of carbonyl (C=O) groups excluding carboxylic acids is 2. The van der Waals surface area contributed by atoms with Crippen molar-refractivity contribution in [3.63, 3.8) is 0 Å². The van der Waals surface area contributed by atoms with Crippen LogP contribution in [0.1, 0.15) is 34.1 Å². The highest BCUT2D eigenvalue weighted by atomic mass is 35.5. The molecule has 13 heteroatoms. The lowest BCUT2D eigenvalue weighted by Crippen LogP contribution is -2.33. The zero-order chi connectivity index (χ0) is 31.5. The monoisotopic (exact) mass is 640 g/mol. The van der Waals surface area contributed by atoms with Crippen molar-refractivity contribution in [3.8, 4) is 0 Å². The molecular formula is C30H29ClN4O6S2. The minimum atomic E-state index is -4.52. The van der Waals surface area contributed by atoms with E-state index in [1.54, 1.807) is 22.8 Å².